The number of aliphatic carboxylic acids is 1. The van der Waals surface area contributed by atoms with E-state index in [2.05, 4.69) is 10.1 Å². The van der Waals surface area contributed by atoms with Crippen LogP contribution >= 0.6 is 0 Å². The number of nitrogens with one attached hydrogen (secondary N) is 1. The molecule has 0 saturated heterocycles. The molecule has 12 heteroatoms. The summed E-state index contributed by atoms with van der Waals surface area (Å²) in [6.07, 6.45) is -5.65. The largest absolute Gasteiger partial charge is 0.573 e. The van der Waals surface area contributed by atoms with E-state index >= 15 is 0 Å². The number of fused-ring (bicyclic) bond motifs is 1. The number of aromatic hydroxyl groups is 1. The number of carbonyl (C=O) groups is 3. The Bertz CT molecular complexity index is 1270. The molecule has 1 heterocycles. The van der Waals surface area contributed by atoms with Gasteiger partial charge >= 0.3 is 12.3 Å². The first-order chi connectivity index (χ1) is 15.9. The van der Waals surface area contributed by atoms with Crippen LogP contribution in [0, 0.1) is 12.7 Å². The van der Waals surface area contributed by atoms with Crippen LogP contribution in [0.3, 0.4) is 0 Å². The second-order valence-corrected chi connectivity index (χ2v) is 7.24. The average Bonchev–Trinajstić information content (AvgIpc) is 3.01. The van der Waals surface area contributed by atoms with Gasteiger partial charge in [-0.1, -0.05) is 0 Å². The maximum atomic E-state index is 14.8. The number of alkyl halides is 3. The lowest BCUT2D eigenvalue weighted by molar-refractivity contribution is -0.274. The van der Waals surface area contributed by atoms with Crippen LogP contribution in [-0.4, -0.2) is 45.5 Å². The molecule has 0 aliphatic rings. The quantitative estimate of drug-likeness (QED) is 0.444. The lowest BCUT2D eigenvalue weighted by Crippen LogP contribution is -2.27. The number of aromatic nitrogens is 1. The number of carboxylic acid groups (broad SMARTS) is 1. The van der Waals surface area contributed by atoms with Gasteiger partial charge in [-0.3, -0.25) is 19.0 Å². The lowest BCUT2D eigenvalue weighted by atomic mass is 10.1. The van der Waals surface area contributed by atoms with Crippen molar-refractivity contribution in [3.05, 3.63) is 59.0 Å². The Morgan fingerprint density at radius 2 is 1.74 bits per heavy atom. The smallest absolute Gasteiger partial charge is 0.505 e. The molecular weight excluding hydrogens is 464 g/mol. The third-order valence-corrected chi connectivity index (χ3v) is 4.95. The van der Waals surface area contributed by atoms with Gasteiger partial charge in [-0.25, -0.2) is 4.39 Å². The fourth-order valence-corrected chi connectivity index (χ4v) is 3.46. The van der Waals surface area contributed by atoms with E-state index in [0.717, 1.165) is 34.9 Å². The van der Waals surface area contributed by atoms with Gasteiger partial charge in [0, 0.05) is 23.2 Å². The van der Waals surface area contributed by atoms with Gasteiger partial charge < -0.3 is 20.3 Å². The minimum Gasteiger partial charge on any atom is -0.505 e. The van der Waals surface area contributed by atoms with Crippen LogP contribution in [0.1, 0.15) is 28.0 Å². The van der Waals surface area contributed by atoms with Crippen molar-refractivity contribution < 1.29 is 46.9 Å². The summed E-state index contributed by atoms with van der Waals surface area (Å²) >= 11 is 0. The SMILES string of the molecule is Cc1c(CC(=O)NCCC(=O)O)c2c(F)c(O)ccc2n1C(=O)c1ccc(OC(F)(F)F)cc1. The highest BCUT2D eigenvalue weighted by molar-refractivity contribution is 6.05. The molecule has 180 valence electrons. The highest BCUT2D eigenvalue weighted by Crippen LogP contribution is 2.34. The van der Waals surface area contributed by atoms with E-state index < -0.39 is 47.9 Å². The van der Waals surface area contributed by atoms with E-state index in [9.17, 15) is 37.1 Å². The van der Waals surface area contributed by atoms with E-state index in [-0.39, 0.29) is 40.7 Å². The van der Waals surface area contributed by atoms with Crippen molar-refractivity contribution in [2.24, 2.45) is 0 Å². The molecule has 0 bridgehead atoms. The zero-order valence-corrected chi connectivity index (χ0v) is 17.6. The summed E-state index contributed by atoms with van der Waals surface area (Å²) in [6.45, 7) is 1.28. The maximum Gasteiger partial charge on any atom is 0.573 e. The van der Waals surface area contributed by atoms with Crippen LogP contribution in [0.2, 0.25) is 0 Å². The van der Waals surface area contributed by atoms with Crippen LogP contribution in [0.15, 0.2) is 36.4 Å². The van der Waals surface area contributed by atoms with Gasteiger partial charge in [-0.2, -0.15) is 0 Å². The number of hydrogen-bond acceptors (Lipinski definition) is 5. The second kappa shape index (κ2) is 9.41. The van der Waals surface area contributed by atoms with Crippen LogP contribution in [0.25, 0.3) is 10.9 Å². The predicted octanol–water partition coefficient (Wildman–Crippen LogP) is 3.51. The molecule has 0 saturated carbocycles. The lowest BCUT2D eigenvalue weighted by Gasteiger charge is -2.10. The molecule has 0 aliphatic heterocycles. The number of amides is 1. The molecular formula is C22H18F4N2O6. The number of nitrogens with zero attached hydrogens (tertiary/aromatic N) is 1. The number of benzene rings is 2. The van der Waals surface area contributed by atoms with E-state index in [1.54, 1.807) is 0 Å². The summed E-state index contributed by atoms with van der Waals surface area (Å²) in [5.41, 5.74) is 0.234. The molecule has 1 amide bonds. The Balaban J connectivity index is 2.00. The third kappa shape index (κ3) is 5.27. The summed E-state index contributed by atoms with van der Waals surface area (Å²) in [6, 6.07) is 6.40. The Morgan fingerprint density at radius 3 is 2.32 bits per heavy atom. The molecule has 0 atom stereocenters. The minimum atomic E-state index is -4.90. The molecule has 0 unspecified atom stereocenters. The molecule has 3 rings (SSSR count). The molecule has 1 aromatic heterocycles. The van der Waals surface area contributed by atoms with E-state index in [1.807, 2.05) is 0 Å². The third-order valence-electron chi connectivity index (χ3n) is 4.95. The number of ether oxygens (including phenoxy) is 1. The first-order valence-corrected chi connectivity index (χ1v) is 9.79. The number of phenolic OH excluding ortho intramolecular Hbond substituents is 1. The summed E-state index contributed by atoms with van der Waals surface area (Å²) in [5.74, 6) is -4.78. The number of hydrogen-bond donors (Lipinski definition) is 3. The summed E-state index contributed by atoms with van der Waals surface area (Å²) in [7, 11) is 0. The summed E-state index contributed by atoms with van der Waals surface area (Å²) in [4.78, 5) is 36.1. The molecule has 2 aromatic carbocycles. The highest BCUT2D eigenvalue weighted by atomic mass is 19.4. The van der Waals surface area contributed by atoms with E-state index in [4.69, 9.17) is 5.11 Å². The molecule has 3 N–H and O–H groups in total. The minimum absolute atomic E-state index is 0.0294. The highest BCUT2D eigenvalue weighted by Gasteiger charge is 2.31. The van der Waals surface area contributed by atoms with Gasteiger partial charge in [0.15, 0.2) is 11.6 Å². The zero-order valence-electron chi connectivity index (χ0n) is 17.6. The average molecular weight is 482 g/mol. The van der Waals surface area contributed by atoms with Crippen molar-refractivity contribution in [2.75, 3.05) is 6.54 Å². The van der Waals surface area contributed by atoms with Crippen molar-refractivity contribution in [1.82, 2.24) is 9.88 Å². The van der Waals surface area contributed by atoms with Gasteiger partial charge in [-0.15, -0.1) is 13.2 Å². The standard InChI is InChI=1S/C22H18F4N2O6/c1-11-14(10-17(30)27-9-8-18(31)32)19-15(6-7-16(29)20(19)23)28(11)21(33)12-2-4-13(5-3-12)34-22(24,25)26/h2-7,29H,8-10H2,1H3,(H,27,30)(H,31,32). The molecule has 8 nitrogen and oxygen atoms in total. The Hall–Kier alpha value is -4.09. The predicted molar refractivity (Wildman–Crippen MR) is 110 cm³/mol. The molecule has 34 heavy (non-hydrogen) atoms. The van der Waals surface area contributed by atoms with E-state index in [1.165, 1.54) is 13.0 Å². The van der Waals surface area contributed by atoms with Crippen molar-refractivity contribution in [1.29, 1.82) is 0 Å². The number of phenols is 1. The normalized spacial score (nSPS) is 11.4. The Morgan fingerprint density at radius 1 is 1.09 bits per heavy atom. The first kappa shape index (κ1) is 24.6. The van der Waals surface area contributed by atoms with Crippen LogP contribution in [0.4, 0.5) is 17.6 Å². The van der Waals surface area contributed by atoms with Crippen molar-refractivity contribution in [3.8, 4) is 11.5 Å². The van der Waals surface area contributed by atoms with Crippen LogP contribution < -0.4 is 10.1 Å². The van der Waals surface area contributed by atoms with Gasteiger partial charge in [0.05, 0.1) is 18.4 Å². The second-order valence-electron chi connectivity index (χ2n) is 7.24. The van der Waals surface area contributed by atoms with Gasteiger partial charge in [0.2, 0.25) is 5.91 Å². The summed E-state index contributed by atoms with van der Waals surface area (Å²) in [5, 5.41) is 20.7. The molecule has 3 aromatic rings. The first-order valence-electron chi connectivity index (χ1n) is 9.79. The number of halogens is 4. The maximum absolute atomic E-state index is 14.8. The van der Waals surface area contributed by atoms with Gasteiger partial charge in [0.1, 0.15) is 5.75 Å². The Kier molecular flexibility index (Phi) is 6.80. The van der Waals surface area contributed by atoms with Crippen LogP contribution in [-0.2, 0) is 16.0 Å². The molecule has 0 spiro atoms. The molecule has 0 radical (unpaired) electrons. The van der Waals surface area contributed by atoms with Crippen molar-refractivity contribution in [3.63, 3.8) is 0 Å². The molecule has 0 aliphatic carbocycles. The zero-order chi connectivity index (χ0) is 25.2. The Labute approximate surface area is 189 Å². The number of carboxylic acids is 1. The van der Waals surface area contributed by atoms with E-state index in [0.29, 0.717) is 0 Å². The van der Waals surface area contributed by atoms with Crippen molar-refractivity contribution in [2.45, 2.75) is 26.1 Å². The monoisotopic (exact) mass is 482 g/mol. The van der Waals surface area contributed by atoms with Gasteiger partial charge in [-0.05, 0) is 48.9 Å². The fraction of sp³-hybridized carbons (Fsp3) is 0.227. The van der Waals surface area contributed by atoms with Crippen LogP contribution in [0.5, 0.6) is 11.5 Å². The molecule has 0 fully saturated rings. The van der Waals surface area contributed by atoms with Gasteiger partial charge in [0.25, 0.3) is 5.91 Å². The number of carbonyl (C=O) groups excluding carboxylic acids is 2. The topological polar surface area (TPSA) is 118 Å². The fourth-order valence-electron chi connectivity index (χ4n) is 3.46. The summed E-state index contributed by atoms with van der Waals surface area (Å²) < 4.78 is 56.8. The van der Waals surface area contributed by atoms with Crippen molar-refractivity contribution >= 4 is 28.7 Å². The number of rotatable bonds is 7.